The third kappa shape index (κ3) is 3.11. The summed E-state index contributed by atoms with van der Waals surface area (Å²) in [6.45, 7) is 8.41. The molecule has 1 heterocycles. The summed E-state index contributed by atoms with van der Waals surface area (Å²) in [5, 5.41) is 0. The van der Waals surface area contributed by atoms with Gasteiger partial charge in [0.25, 0.3) is 0 Å². The first kappa shape index (κ1) is 10.0. The summed E-state index contributed by atoms with van der Waals surface area (Å²) in [5.41, 5.74) is 0.586. The molecule has 0 bridgehead atoms. The predicted molar refractivity (Wildman–Crippen MR) is 53.1 cm³/mol. The quantitative estimate of drug-likeness (QED) is 0.621. The average molecular weight is 170 g/mol. The van der Waals surface area contributed by atoms with Crippen molar-refractivity contribution in [2.45, 2.75) is 26.7 Å². The molecule has 0 atom stereocenters. The Labute approximate surface area is 76.5 Å². The maximum absolute atomic E-state index is 2.53. The van der Waals surface area contributed by atoms with E-state index in [1.807, 2.05) is 0 Å². The summed E-state index contributed by atoms with van der Waals surface area (Å²) in [4.78, 5) is 4.78. The predicted octanol–water partition coefficient (Wildman–Crippen LogP) is 1.63. The fourth-order valence-electron chi connectivity index (χ4n) is 1.70. The summed E-state index contributed by atoms with van der Waals surface area (Å²) in [6, 6.07) is 0. The molecular formula is C10H22N2. The van der Waals surface area contributed by atoms with Crippen molar-refractivity contribution < 1.29 is 0 Å². The van der Waals surface area contributed by atoms with Crippen molar-refractivity contribution in [1.29, 1.82) is 0 Å². The molecule has 0 N–H and O–H groups in total. The molecule has 1 aliphatic heterocycles. The molecule has 12 heavy (non-hydrogen) atoms. The van der Waals surface area contributed by atoms with Crippen LogP contribution in [0.4, 0.5) is 0 Å². The highest BCUT2D eigenvalue weighted by molar-refractivity contribution is 4.77. The summed E-state index contributed by atoms with van der Waals surface area (Å²) in [7, 11) is 4.28. The lowest BCUT2D eigenvalue weighted by Crippen LogP contribution is -2.41. The third-order valence-electron chi connectivity index (χ3n) is 2.69. The van der Waals surface area contributed by atoms with Crippen LogP contribution in [0.5, 0.6) is 0 Å². The molecule has 72 valence electrons. The number of nitrogens with zero attached hydrogens (tertiary/aromatic N) is 2. The SMILES string of the molecule is CN(C)CN1CCC(C)(C)CC1. The van der Waals surface area contributed by atoms with Crippen LogP contribution in [0.15, 0.2) is 0 Å². The highest BCUT2D eigenvalue weighted by Crippen LogP contribution is 2.29. The lowest BCUT2D eigenvalue weighted by Gasteiger charge is -2.37. The zero-order valence-corrected chi connectivity index (χ0v) is 8.93. The van der Waals surface area contributed by atoms with Crippen LogP contribution >= 0.6 is 0 Å². The van der Waals surface area contributed by atoms with Crippen molar-refractivity contribution in [2.24, 2.45) is 5.41 Å². The first-order valence-electron chi connectivity index (χ1n) is 4.87. The summed E-state index contributed by atoms with van der Waals surface area (Å²) in [6.07, 6.45) is 2.70. The molecule has 0 aliphatic carbocycles. The molecule has 2 nitrogen and oxygen atoms in total. The van der Waals surface area contributed by atoms with E-state index in [2.05, 4.69) is 37.7 Å². The lowest BCUT2D eigenvalue weighted by atomic mass is 9.83. The Morgan fingerprint density at radius 2 is 1.67 bits per heavy atom. The van der Waals surface area contributed by atoms with Crippen molar-refractivity contribution in [3.8, 4) is 0 Å². The molecule has 1 fully saturated rings. The number of likely N-dealkylation sites (tertiary alicyclic amines) is 1. The summed E-state index contributed by atoms with van der Waals surface area (Å²) in [5.74, 6) is 0. The molecule has 1 aliphatic rings. The van der Waals surface area contributed by atoms with Gasteiger partial charge in [0, 0.05) is 0 Å². The Bertz CT molecular complexity index is 131. The van der Waals surface area contributed by atoms with E-state index in [-0.39, 0.29) is 0 Å². The molecule has 0 unspecified atom stereocenters. The number of rotatable bonds is 2. The summed E-state index contributed by atoms with van der Waals surface area (Å²) < 4.78 is 0. The Kier molecular flexibility index (Phi) is 3.13. The fourth-order valence-corrected chi connectivity index (χ4v) is 1.70. The molecule has 0 aromatic rings. The molecule has 0 aromatic heterocycles. The van der Waals surface area contributed by atoms with Crippen LogP contribution in [0, 0.1) is 5.41 Å². The van der Waals surface area contributed by atoms with Crippen LogP contribution in [-0.2, 0) is 0 Å². The third-order valence-corrected chi connectivity index (χ3v) is 2.69. The summed E-state index contributed by atoms with van der Waals surface area (Å²) >= 11 is 0. The van der Waals surface area contributed by atoms with E-state index in [9.17, 15) is 0 Å². The highest BCUT2D eigenvalue weighted by Gasteiger charge is 2.24. The minimum atomic E-state index is 0.586. The van der Waals surface area contributed by atoms with Crippen LogP contribution in [0.25, 0.3) is 0 Å². The van der Waals surface area contributed by atoms with Gasteiger partial charge in [0.05, 0.1) is 6.67 Å². The number of piperidine rings is 1. The van der Waals surface area contributed by atoms with E-state index >= 15 is 0 Å². The van der Waals surface area contributed by atoms with E-state index in [4.69, 9.17) is 0 Å². The van der Waals surface area contributed by atoms with Gasteiger partial charge in [-0.05, 0) is 45.4 Å². The zero-order chi connectivity index (χ0) is 9.19. The van der Waals surface area contributed by atoms with Gasteiger partial charge in [-0.3, -0.25) is 9.80 Å². The number of hydrogen-bond donors (Lipinski definition) is 0. The number of hydrogen-bond acceptors (Lipinski definition) is 2. The van der Waals surface area contributed by atoms with Gasteiger partial charge in [-0.15, -0.1) is 0 Å². The van der Waals surface area contributed by atoms with Crippen LogP contribution in [0.1, 0.15) is 26.7 Å². The second-order valence-electron chi connectivity index (χ2n) is 5.00. The van der Waals surface area contributed by atoms with Gasteiger partial charge in [-0.1, -0.05) is 13.8 Å². The minimum Gasteiger partial charge on any atom is -0.297 e. The molecule has 0 saturated carbocycles. The van der Waals surface area contributed by atoms with Gasteiger partial charge in [0.1, 0.15) is 0 Å². The van der Waals surface area contributed by atoms with Gasteiger partial charge >= 0.3 is 0 Å². The van der Waals surface area contributed by atoms with Gasteiger partial charge in [0.15, 0.2) is 0 Å². The first-order valence-corrected chi connectivity index (χ1v) is 4.87. The minimum absolute atomic E-state index is 0.586. The molecule has 0 amide bonds. The van der Waals surface area contributed by atoms with E-state index in [0.29, 0.717) is 5.41 Å². The van der Waals surface area contributed by atoms with Crippen molar-refractivity contribution in [1.82, 2.24) is 9.80 Å². The van der Waals surface area contributed by atoms with Gasteiger partial charge in [0.2, 0.25) is 0 Å². The fraction of sp³-hybridized carbons (Fsp3) is 1.00. The highest BCUT2D eigenvalue weighted by atomic mass is 15.3. The van der Waals surface area contributed by atoms with Gasteiger partial charge < -0.3 is 0 Å². The molecular weight excluding hydrogens is 148 g/mol. The Morgan fingerprint density at radius 1 is 1.17 bits per heavy atom. The van der Waals surface area contributed by atoms with Crippen LogP contribution in [0.2, 0.25) is 0 Å². The molecule has 0 spiro atoms. The lowest BCUT2D eigenvalue weighted by molar-refractivity contribution is 0.0919. The standard InChI is InChI=1S/C10H22N2/c1-10(2)5-7-12(8-6-10)9-11(3)4/h5-9H2,1-4H3. The van der Waals surface area contributed by atoms with E-state index in [1.54, 1.807) is 0 Å². The Balaban J connectivity index is 2.27. The normalized spacial score (nSPS) is 24.8. The smallest absolute Gasteiger partial charge is 0.0500 e. The molecule has 0 aromatic carbocycles. The second kappa shape index (κ2) is 3.75. The van der Waals surface area contributed by atoms with Crippen molar-refractivity contribution in [3.63, 3.8) is 0 Å². The first-order chi connectivity index (χ1) is 5.49. The van der Waals surface area contributed by atoms with Crippen molar-refractivity contribution in [3.05, 3.63) is 0 Å². The molecule has 1 rings (SSSR count). The van der Waals surface area contributed by atoms with Crippen LogP contribution in [-0.4, -0.2) is 43.7 Å². The second-order valence-corrected chi connectivity index (χ2v) is 5.00. The zero-order valence-electron chi connectivity index (χ0n) is 8.93. The van der Waals surface area contributed by atoms with Crippen molar-refractivity contribution in [2.75, 3.05) is 33.9 Å². The van der Waals surface area contributed by atoms with E-state index in [1.165, 1.54) is 25.9 Å². The molecule has 1 saturated heterocycles. The van der Waals surface area contributed by atoms with Crippen molar-refractivity contribution >= 4 is 0 Å². The van der Waals surface area contributed by atoms with E-state index < -0.39 is 0 Å². The van der Waals surface area contributed by atoms with Crippen LogP contribution < -0.4 is 0 Å². The largest absolute Gasteiger partial charge is 0.297 e. The van der Waals surface area contributed by atoms with Gasteiger partial charge in [-0.25, -0.2) is 0 Å². The monoisotopic (exact) mass is 170 g/mol. The van der Waals surface area contributed by atoms with Crippen LogP contribution in [0.3, 0.4) is 0 Å². The Morgan fingerprint density at radius 3 is 2.08 bits per heavy atom. The van der Waals surface area contributed by atoms with Gasteiger partial charge in [-0.2, -0.15) is 0 Å². The molecule has 0 radical (unpaired) electrons. The van der Waals surface area contributed by atoms with E-state index in [0.717, 1.165) is 6.67 Å². The Hall–Kier alpha value is -0.0800. The topological polar surface area (TPSA) is 6.48 Å². The average Bonchev–Trinajstić information content (AvgIpc) is 1.93. The maximum Gasteiger partial charge on any atom is 0.0500 e. The maximum atomic E-state index is 2.53. The molecule has 2 heteroatoms.